The van der Waals surface area contributed by atoms with Gasteiger partial charge in [-0.25, -0.2) is 0 Å². The molecular formula is C19H26N4O2. The second-order valence-electron chi connectivity index (χ2n) is 6.52. The van der Waals surface area contributed by atoms with Gasteiger partial charge in [0.1, 0.15) is 0 Å². The van der Waals surface area contributed by atoms with Gasteiger partial charge in [-0.1, -0.05) is 6.08 Å². The molecule has 0 aliphatic heterocycles. The molecule has 0 radical (unpaired) electrons. The molecule has 0 saturated heterocycles. The van der Waals surface area contributed by atoms with Gasteiger partial charge < -0.3 is 14.6 Å². The number of nitrogens with one attached hydrogen (secondary N) is 1. The first kappa shape index (κ1) is 17.5. The fraction of sp³-hybridized carbons (Fsp3) is 0.474. The predicted octanol–water partition coefficient (Wildman–Crippen LogP) is 2.40. The van der Waals surface area contributed by atoms with E-state index in [0.29, 0.717) is 18.3 Å². The van der Waals surface area contributed by atoms with Crippen molar-refractivity contribution in [3.8, 4) is 0 Å². The summed E-state index contributed by atoms with van der Waals surface area (Å²) in [6.45, 7) is 7.91. The Labute approximate surface area is 148 Å². The Morgan fingerprint density at radius 3 is 3.12 bits per heavy atom. The minimum Gasteiger partial charge on any atom is -0.472 e. The highest BCUT2D eigenvalue weighted by atomic mass is 16.3. The lowest BCUT2D eigenvalue weighted by Crippen LogP contribution is -2.36. The van der Waals surface area contributed by atoms with E-state index in [2.05, 4.69) is 23.9 Å². The quantitative estimate of drug-likeness (QED) is 0.785. The van der Waals surface area contributed by atoms with Gasteiger partial charge in [0.2, 0.25) is 0 Å². The molecule has 0 spiro atoms. The van der Waals surface area contributed by atoms with Crippen LogP contribution in [0.2, 0.25) is 0 Å². The number of aromatic nitrogens is 2. The summed E-state index contributed by atoms with van der Waals surface area (Å²) in [7, 11) is 1.81. The van der Waals surface area contributed by atoms with Crippen molar-refractivity contribution in [3.05, 3.63) is 53.8 Å². The van der Waals surface area contributed by atoms with E-state index < -0.39 is 0 Å². The lowest BCUT2D eigenvalue weighted by atomic mass is 9.91. The molecule has 0 aromatic carbocycles. The smallest absolute Gasteiger partial charge is 0.274 e. The van der Waals surface area contributed by atoms with Gasteiger partial charge in [-0.15, -0.1) is 6.58 Å². The van der Waals surface area contributed by atoms with E-state index in [0.717, 1.165) is 43.5 Å². The highest BCUT2D eigenvalue weighted by molar-refractivity contribution is 5.94. The normalized spacial score (nSPS) is 16.5. The molecule has 1 N–H and O–H groups in total. The maximum Gasteiger partial charge on any atom is 0.274 e. The summed E-state index contributed by atoms with van der Waals surface area (Å²) in [6.07, 6.45) is 8.00. The number of nitrogens with zero attached hydrogens (tertiary/aromatic N) is 3. The van der Waals surface area contributed by atoms with Crippen LogP contribution in [0.3, 0.4) is 0 Å². The van der Waals surface area contributed by atoms with E-state index in [1.807, 2.05) is 23.9 Å². The second-order valence-corrected chi connectivity index (χ2v) is 6.52. The van der Waals surface area contributed by atoms with Crippen LogP contribution in [0.5, 0.6) is 0 Å². The van der Waals surface area contributed by atoms with Gasteiger partial charge in [-0.05, 0) is 32.3 Å². The highest BCUT2D eigenvalue weighted by Crippen LogP contribution is 2.26. The zero-order chi connectivity index (χ0) is 17.8. The van der Waals surface area contributed by atoms with Crippen LogP contribution in [0.25, 0.3) is 0 Å². The first-order valence-corrected chi connectivity index (χ1v) is 8.83. The van der Waals surface area contributed by atoms with Crippen LogP contribution < -0.4 is 5.32 Å². The van der Waals surface area contributed by atoms with E-state index in [1.165, 1.54) is 5.69 Å². The van der Waals surface area contributed by atoms with Crippen molar-refractivity contribution in [2.45, 2.75) is 45.3 Å². The van der Waals surface area contributed by atoms with Crippen LogP contribution in [0.1, 0.15) is 40.7 Å². The van der Waals surface area contributed by atoms with E-state index in [9.17, 15) is 4.79 Å². The van der Waals surface area contributed by atoms with Gasteiger partial charge in [0.15, 0.2) is 5.69 Å². The van der Waals surface area contributed by atoms with Crippen molar-refractivity contribution in [2.24, 2.45) is 0 Å². The molecule has 6 nitrogen and oxygen atoms in total. The summed E-state index contributed by atoms with van der Waals surface area (Å²) in [4.78, 5) is 14.7. The summed E-state index contributed by atoms with van der Waals surface area (Å²) in [6, 6.07) is 2.24. The number of aryl methyl sites for hydroxylation is 1. The number of furan rings is 1. The van der Waals surface area contributed by atoms with Crippen LogP contribution in [0.15, 0.2) is 35.7 Å². The third-order valence-electron chi connectivity index (χ3n) is 4.75. The Morgan fingerprint density at radius 1 is 1.60 bits per heavy atom. The lowest BCUT2D eigenvalue weighted by Gasteiger charge is -2.24. The van der Waals surface area contributed by atoms with Crippen molar-refractivity contribution in [2.75, 3.05) is 13.6 Å². The Hall–Kier alpha value is -2.34. The maximum atomic E-state index is 13.0. The topological polar surface area (TPSA) is 63.3 Å². The molecule has 1 unspecified atom stereocenters. The van der Waals surface area contributed by atoms with Crippen molar-refractivity contribution < 1.29 is 9.21 Å². The first-order chi connectivity index (χ1) is 12.1. The van der Waals surface area contributed by atoms with E-state index in [4.69, 9.17) is 4.42 Å². The Kier molecular flexibility index (Phi) is 5.38. The molecule has 0 saturated carbocycles. The van der Waals surface area contributed by atoms with Gasteiger partial charge in [0.05, 0.1) is 12.5 Å². The molecule has 3 rings (SSSR count). The van der Waals surface area contributed by atoms with Gasteiger partial charge in [0.25, 0.3) is 5.91 Å². The monoisotopic (exact) mass is 342 g/mol. The Morgan fingerprint density at radius 2 is 2.44 bits per heavy atom. The summed E-state index contributed by atoms with van der Waals surface area (Å²) in [5.41, 5.74) is 3.87. The van der Waals surface area contributed by atoms with Crippen molar-refractivity contribution >= 4 is 5.91 Å². The predicted molar refractivity (Wildman–Crippen MR) is 96.4 cm³/mol. The van der Waals surface area contributed by atoms with E-state index in [1.54, 1.807) is 17.4 Å². The zero-order valence-corrected chi connectivity index (χ0v) is 15.0. The van der Waals surface area contributed by atoms with Crippen LogP contribution >= 0.6 is 0 Å². The standard InChI is InChI=1S/C19H26N4O2/c1-4-9-20-15-6-7-17-16(11-15)18(21-23(17)5-2)19(24)22(3)12-14-8-10-25-13-14/h4,8,10,13,15,20H,1,5-7,9,11-12H2,2-3H3. The second kappa shape index (κ2) is 7.70. The molecule has 25 heavy (non-hydrogen) atoms. The third kappa shape index (κ3) is 3.69. The number of rotatable bonds is 7. The number of hydrogen-bond acceptors (Lipinski definition) is 4. The van der Waals surface area contributed by atoms with Crippen molar-refractivity contribution in [1.29, 1.82) is 0 Å². The van der Waals surface area contributed by atoms with Gasteiger partial charge in [-0.2, -0.15) is 5.10 Å². The molecule has 134 valence electrons. The first-order valence-electron chi connectivity index (χ1n) is 8.83. The molecule has 0 bridgehead atoms. The molecule has 1 aliphatic carbocycles. The number of hydrogen-bond donors (Lipinski definition) is 1. The fourth-order valence-corrected chi connectivity index (χ4v) is 3.45. The summed E-state index contributed by atoms with van der Waals surface area (Å²) >= 11 is 0. The molecule has 6 heteroatoms. The van der Waals surface area contributed by atoms with Gasteiger partial charge in [0, 0.05) is 49.5 Å². The third-order valence-corrected chi connectivity index (χ3v) is 4.75. The molecular weight excluding hydrogens is 316 g/mol. The number of fused-ring (bicyclic) bond motifs is 1. The minimum atomic E-state index is -0.0333. The molecule has 2 aromatic rings. The molecule has 0 fully saturated rings. The van der Waals surface area contributed by atoms with Crippen LogP contribution in [0, 0.1) is 0 Å². The van der Waals surface area contributed by atoms with Crippen molar-refractivity contribution in [3.63, 3.8) is 0 Å². The lowest BCUT2D eigenvalue weighted by molar-refractivity contribution is 0.0777. The fourth-order valence-electron chi connectivity index (χ4n) is 3.45. The highest BCUT2D eigenvalue weighted by Gasteiger charge is 2.29. The van der Waals surface area contributed by atoms with Crippen LogP contribution in [0.4, 0.5) is 0 Å². The van der Waals surface area contributed by atoms with Crippen LogP contribution in [-0.4, -0.2) is 40.2 Å². The Balaban J connectivity index is 1.82. The Bertz CT molecular complexity index is 733. The molecule has 2 aromatic heterocycles. The van der Waals surface area contributed by atoms with E-state index >= 15 is 0 Å². The number of amides is 1. The summed E-state index contributed by atoms with van der Waals surface area (Å²) in [5, 5.41) is 8.11. The zero-order valence-electron chi connectivity index (χ0n) is 15.0. The molecule has 1 aliphatic rings. The summed E-state index contributed by atoms with van der Waals surface area (Å²) < 4.78 is 7.07. The van der Waals surface area contributed by atoms with E-state index in [-0.39, 0.29) is 5.91 Å². The van der Waals surface area contributed by atoms with Crippen molar-refractivity contribution in [1.82, 2.24) is 20.0 Å². The molecule has 1 amide bonds. The summed E-state index contributed by atoms with van der Waals surface area (Å²) in [5.74, 6) is -0.0333. The molecule has 1 atom stereocenters. The largest absolute Gasteiger partial charge is 0.472 e. The average molecular weight is 342 g/mol. The minimum absolute atomic E-state index is 0.0333. The van der Waals surface area contributed by atoms with Gasteiger partial charge >= 0.3 is 0 Å². The van der Waals surface area contributed by atoms with Crippen LogP contribution in [-0.2, 0) is 25.9 Å². The van der Waals surface area contributed by atoms with Gasteiger partial charge in [-0.3, -0.25) is 9.48 Å². The SMILES string of the molecule is C=CCNC1CCc2c(c(C(=O)N(C)Cc3ccoc3)nn2CC)C1. The average Bonchev–Trinajstić information content (AvgIpc) is 3.26. The number of carbonyl (C=O) groups excluding carboxylic acids is 1. The molecule has 2 heterocycles. The maximum absolute atomic E-state index is 13.0. The number of carbonyl (C=O) groups is 1.